The molecule has 4 heteroatoms. The maximum Gasteiger partial charge on any atom is 0.339 e. The van der Waals surface area contributed by atoms with Crippen molar-refractivity contribution in [2.45, 2.75) is 0 Å². The fraction of sp³-hybridized carbons (Fsp3) is 0.125. The van der Waals surface area contributed by atoms with Crippen LogP contribution in [0.15, 0.2) is 24.3 Å². The van der Waals surface area contributed by atoms with Crippen LogP contribution in [-0.2, 0) is 4.74 Å². The zero-order chi connectivity index (χ0) is 8.27. The van der Waals surface area contributed by atoms with Crippen LogP contribution >= 0.6 is 24.0 Å². The van der Waals surface area contributed by atoms with Gasteiger partial charge in [-0.05, 0) is 12.1 Å². The highest BCUT2D eigenvalue weighted by Crippen LogP contribution is 2.15. The molecule has 0 bridgehead atoms. The summed E-state index contributed by atoms with van der Waals surface area (Å²) in [7, 11) is 1.33. The van der Waals surface area contributed by atoms with E-state index in [0.717, 1.165) is 0 Å². The van der Waals surface area contributed by atoms with Crippen LogP contribution in [0.25, 0.3) is 0 Å². The third-order valence-electron chi connectivity index (χ3n) is 1.28. The highest BCUT2D eigenvalue weighted by molar-refractivity contribution is 6.33. The molecule has 0 atom stereocenters. The van der Waals surface area contributed by atoms with Crippen molar-refractivity contribution in [3.05, 3.63) is 34.9 Å². The van der Waals surface area contributed by atoms with Crippen LogP contribution in [0, 0.1) is 0 Å². The first-order valence-electron chi connectivity index (χ1n) is 3.08. The number of benzene rings is 1. The molecule has 0 aliphatic carbocycles. The van der Waals surface area contributed by atoms with Gasteiger partial charge in [0.1, 0.15) is 0 Å². The molecular weight excluding hydrogens is 199 g/mol. The average Bonchev–Trinajstić information content (AvgIpc) is 2.04. The van der Waals surface area contributed by atoms with Gasteiger partial charge in [-0.2, -0.15) is 0 Å². The van der Waals surface area contributed by atoms with Crippen molar-refractivity contribution in [1.29, 1.82) is 0 Å². The Labute approximate surface area is 81.9 Å². The molecule has 0 fully saturated rings. The van der Waals surface area contributed by atoms with Gasteiger partial charge in [0, 0.05) is 0 Å². The minimum absolute atomic E-state index is 0. The fourth-order valence-electron chi connectivity index (χ4n) is 0.737. The molecule has 2 nitrogen and oxygen atoms in total. The normalized spacial score (nSPS) is 8.50. The molecule has 0 spiro atoms. The number of carbonyl (C=O) groups excluding carboxylic acids is 1. The van der Waals surface area contributed by atoms with Gasteiger partial charge in [-0.3, -0.25) is 0 Å². The van der Waals surface area contributed by atoms with Gasteiger partial charge < -0.3 is 4.74 Å². The van der Waals surface area contributed by atoms with Crippen molar-refractivity contribution in [3.8, 4) is 0 Å². The summed E-state index contributed by atoms with van der Waals surface area (Å²) < 4.78 is 4.49. The van der Waals surface area contributed by atoms with Gasteiger partial charge >= 0.3 is 5.97 Å². The van der Waals surface area contributed by atoms with Crippen LogP contribution in [0.2, 0.25) is 5.02 Å². The number of esters is 1. The molecule has 0 amide bonds. The predicted molar refractivity (Wildman–Crippen MR) is 50.0 cm³/mol. The molecule has 1 aromatic carbocycles. The Morgan fingerprint density at radius 3 is 2.50 bits per heavy atom. The predicted octanol–water partition coefficient (Wildman–Crippen LogP) is 2.55. The van der Waals surface area contributed by atoms with Gasteiger partial charge in [0.05, 0.1) is 17.7 Å². The summed E-state index contributed by atoms with van der Waals surface area (Å²) in [6.07, 6.45) is 0. The number of halogens is 2. The molecular formula is C8H8Cl2O2. The minimum Gasteiger partial charge on any atom is -0.465 e. The summed E-state index contributed by atoms with van der Waals surface area (Å²) >= 11 is 5.70. The summed E-state index contributed by atoms with van der Waals surface area (Å²) in [5.74, 6) is -0.407. The van der Waals surface area contributed by atoms with E-state index in [1.807, 2.05) is 0 Å². The van der Waals surface area contributed by atoms with Crippen LogP contribution in [0.3, 0.4) is 0 Å². The average molecular weight is 207 g/mol. The largest absolute Gasteiger partial charge is 0.465 e. The Balaban J connectivity index is 0.00000121. The monoisotopic (exact) mass is 206 g/mol. The lowest BCUT2D eigenvalue weighted by Crippen LogP contribution is -2.01. The Hall–Kier alpha value is -0.730. The summed E-state index contributed by atoms with van der Waals surface area (Å²) in [5.41, 5.74) is 0.400. The van der Waals surface area contributed by atoms with E-state index in [4.69, 9.17) is 11.6 Å². The maximum absolute atomic E-state index is 10.9. The standard InChI is InChI=1S/C8H7ClO2.ClH/c1-11-8(10)6-4-2-3-5-7(6)9;/h2-5H,1H3;1H. The van der Waals surface area contributed by atoms with E-state index >= 15 is 0 Å². The van der Waals surface area contributed by atoms with Crippen LogP contribution in [0.4, 0.5) is 0 Å². The van der Waals surface area contributed by atoms with Crippen LogP contribution < -0.4 is 0 Å². The maximum atomic E-state index is 10.9. The second-order valence-corrected chi connectivity index (χ2v) is 2.38. The van der Waals surface area contributed by atoms with E-state index in [0.29, 0.717) is 10.6 Å². The first kappa shape index (κ1) is 11.3. The lowest BCUT2D eigenvalue weighted by atomic mass is 10.2. The third kappa shape index (κ3) is 2.40. The Bertz CT molecular complexity index is 274. The van der Waals surface area contributed by atoms with Crippen LogP contribution in [-0.4, -0.2) is 13.1 Å². The first-order valence-corrected chi connectivity index (χ1v) is 3.46. The topological polar surface area (TPSA) is 26.3 Å². The Morgan fingerprint density at radius 1 is 1.42 bits per heavy atom. The Kier molecular flexibility index (Phi) is 4.71. The van der Waals surface area contributed by atoms with E-state index in [2.05, 4.69) is 4.74 Å². The van der Waals surface area contributed by atoms with Crippen molar-refractivity contribution < 1.29 is 9.53 Å². The third-order valence-corrected chi connectivity index (χ3v) is 1.61. The molecule has 0 radical (unpaired) electrons. The summed E-state index contributed by atoms with van der Waals surface area (Å²) in [4.78, 5) is 10.9. The molecule has 0 saturated heterocycles. The molecule has 0 saturated carbocycles. The van der Waals surface area contributed by atoms with E-state index in [1.165, 1.54) is 7.11 Å². The zero-order valence-electron chi connectivity index (χ0n) is 6.41. The Morgan fingerprint density at radius 2 is 2.00 bits per heavy atom. The van der Waals surface area contributed by atoms with Crippen LogP contribution in [0.5, 0.6) is 0 Å². The van der Waals surface area contributed by atoms with E-state index in [1.54, 1.807) is 24.3 Å². The number of hydrogen-bond donors (Lipinski definition) is 0. The second kappa shape index (κ2) is 5.01. The van der Waals surface area contributed by atoms with E-state index in [-0.39, 0.29) is 12.4 Å². The lowest BCUT2D eigenvalue weighted by molar-refractivity contribution is 0.0601. The minimum atomic E-state index is -0.407. The molecule has 0 aromatic heterocycles. The van der Waals surface area contributed by atoms with Crippen molar-refractivity contribution in [1.82, 2.24) is 0 Å². The van der Waals surface area contributed by atoms with Gasteiger partial charge in [-0.1, -0.05) is 23.7 Å². The highest BCUT2D eigenvalue weighted by Gasteiger charge is 2.07. The van der Waals surface area contributed by atoms with E-state index < -0.39 is 5.97 Å². The number of methoxy groups -OCH3 is 1. The van der Waals surface area contributed by atoms with Crippen molar-refractivity contribution in [2.75, 3.05) is 7.11 Å². The van der Waals surface area contributed by atoms with Crippen molar-refractivity contribution in [2.24, 2.45) is 0 Å². The smallest absolute Gasteiger partial charge is 0.339 e. The number of carbonyl (C=O) groups is 1. The van der Waals surface area contributed by atoms with Gasteiger partial charge in [0.2, 0.25) is 0 Å². The summed E-state index contributed by atoms with van der Waals surface area (Å²) in [6, 6.07) is 6.76. The molecule has 0 heterocycles. The SMILES string of the molecule is COC(=O)c1ccccc1Cl.Cl. The highest BCUT2D eigenvalue weighted by atomic mass is 35.5. The van der Waals surface area contributed by atoms with Crippen molar-refractivity contribution >= 4 is 30.0 Å². The molecule has 12 heavy (non-hydrogen) atoms. The fourth-order valence-corrected chi connectivity index (χ4v) is 0.950. The first-order chi connectivity index (χ1) is 5.25. The molecule has 0 aliphatic rings. The van der Waals surface area contributed by atoms with Gasteiger partial charge in [0.15, 0.2) is 0 Å². The lowest BCUT2D eigenvalue weighted by Gasteiger charge is -1.99. The summed E-state index contributed by atoms with van der Waals surface area (Å²) in [5, 5.41) is 0.416. The quantitative estimate of drug-likeness (QED) is 0.661. The summed E-state index contributed by atoms with van der Waals surface area (Å²) in [6.45, 7) is 0. The van der Waals surface area contributed by atoms with Gasteiger partial charge in [-0.25, -0.2) is 4.79 Å². The molecule has 0 aliphatic heterocycles. The molecule has 0 unspecified atom stereocenters. The number of rotatable bonds is 1. The van der Waals surface area contributed by atoms with Crippen LogP contribution in [0.1, 0.15) is 10.4 Å². The van der Waals surface area contributed by atoms with E-state index in [9.17, 15) is 4.79 Å². The molecule has 66 valence electrons. The number of hydrogen-bond acceptors (Lipinski definition) is 2. The number of ether oxygens (including phenoxy) is 1. The zero-order valence-corrected chi connectivity index (χ0v) is 7.98. The van der Waals surface area contributed by atoms with Crippen molar-refractivity contribution in [3.63, 3.8) is 0 Å². The van der Waals surface area contributed by atoms with Gasteiger partial charge in [0.25, 0.3) is 0 Å². The molecule has 1 aromatic rings. The molecule has 1 rings (SSSR count). The second-order valence-electron chi connectivity index (χ2n) is 1.97. The van der Waals surface area contributed by atoms with Gasteiger partial charge in [-0.15, -0.1) is 12.4 Å². The molecule has 0 N–H and O–H groups in total.